The quantitative estimate of drug-likeness (QED) is 0.182. The Kier molecular flexibility index (Phi) is 9.58. The first-order valence-corrected chi connectivity index (χ1v) is 20.7. The Labute approximate surface area is 310 Å². The van der Waals surface area contributed by atoms with Crippen LogP contribution in [0.15, 0.2) is 72.8 Å². The van der Waals surface area contributed by atoms with Crippen LogP contribution in [0.2, 0.25) is 0 Å². The molecule has 6 nitrogen and oxygen atoms in total. The van der Waals surface area contributed by atoms with E-state index in [1.165, 1.54) is 60.8 Å². The highest BCUT2D eigenvalue weighted by atomic mass is 16.5. The summed E-state index contributed by atoms with van der Waals surface area (Å²) in [5.41, 5.74) is 5.15. The number of aliphatic hydroxyl groups excluding tert-OH is 1. The Balaban J connectivity index is 1.06. The molecule has 52 heavy (non-hydrogen) atoms. The van der Waals surface area contributed by atoms with Gasteiger partial charge in [-0.3, -0.25) is 9.69 Å². The topological polar surface area (TPSA) is 62.2 Å². The first-order chi connectivity index (χ1) is 25.5. The summed E-state index contributed by atoms with van der Waals surface area (Å²) >= 11 is 0. The number of nitrogens with zero attached hydrogens (tertiary/aromatic N) is 2. The molecule has 1 saturated heterocycles. The highest BCUT2D eigenvalue weighted by Gasteiger charge is 2.67. The van der Waals surface area contributed by atoms with Gasteiger partial charge in [-0.1, -0.05) is 112 Å². The molecule has 6 aliphatic rings. The summed E-state index contributed by atoms with van der Waals surface area (Å²) in [5, 5.41) is 10.3. The Morgan fingerprint density at radius 3 is 2.38 bits per heavy atom. The highest BCUT2D eigenvalue weighted by Crippen LogP contribution is 2.64. The van der Waals surface area contributed by atoms with Crippen molar-refractivity contribution in [3.8, 4) is 11.5 Å². The average Bonchev–Trinajstić information content (AvgIpc) is 3.77. The SMILES string of the molecule is COc1ccc2c3c1O[C@H]1[C@@H](N(CC(c4ccccc4)c4ccccc4)C(=O)CCCCC4CCCCC4)CC[C@H]4[C@@H](C2)N(CC2CC2O)CC[C@@]341. The molecule has 2 bridgehead atoms. The molecule has 7 atom stereocenters. The number of methoxy groups -OCH3 is 1. The van der Waals surface area contributed by atoms with Crippen LogP contribution in [0.5, 0.6) is 11.5 Å². The molecule has 9 rings (SSSR count). The van der Waals surface area contributed by atoms with Crippen molar-refractivity contribution >= 4 is 5.91 Å². The van der Waals surface area contributed by atoms with E-state index in [9.17, 15) is 9.90 Å². The molecule has 2 heterocycles. The van der Waals surface area contributed by atoms with Gasteiger partial charge < -0.3 is 19.5 Å². The zero-order valence-corrected chi connectivity index (χ0v) is 31.1. The van der Waals surface area contributed by atoms with Gasteiger partial charge in [0.2, 0.25) is 5.91 Å². The predicted octanol–water partition coefficient (Wildman–Crippen LogP) is 8.29. The lowest BCUT2D eigenvalue weighted by atomic mass is 9.51. The maximum absolute atomic E-state index is 14.9. The number of benzene rings is 3. The van der Waals surface area contributed by atoms with Crippen molar-refractivity contribution in [1.82, 2.24) is 9.80 Å². The number of hydrogen-bond acceptors (Lipinski definition) is 5. The van der Waals surface area contributed by atoms with E-state index in [0.717, 1.165) is 75.5 Å². The third-order valence-corrected chi connectivity index (χ3v) is 14.4. The van der Waals surface area contributed by atoms with Crippen LogP contribution in [-0.4, -0.2) is 71.8 Å². The molecular weight excluding hydrogens is 645 g/mol. The average molecular weight is 703 g/mol. The van der Waals surface area contributed by atoms with Crippen molar-refractivity contribution in [1.29, 1.82) is 0 Å². The fourth-order valence-corrected chi connectivity index (χ4v) is 11.7. The van der Waals surface area contributed by atoms with Gasteiger partial charge in [-0.05, 0) is 79.7 Å². The van der Waals surface area contributed by atoms with Gasteiger partial charge >= 0.3 is 0 Å². The summed E-state index contributed by atoms with van der Waals surface area (Å²) < 4.78 is 13.3. The van der Waals surface area contributed by atoms with E-state index in [0.29, 0.717) is 36.8 Å². The van der Waals surface area contributed by atoms with Gasteiger partial charge in [-0.25, -0.2) is 0 Å². The molecule has 6 heteroatoms. The van der Waals surface area contributed by atoms with Crippen LogP contribution in [0, 0.1) is 17.8 Å². The van der Waals surface area contributed by atoms with Crippen LogP contribution < -0.4 is 9.47 Å². The van der Waals surface area contributed by atoms with E-state index in [4.69, 9.17) is 9.47 Å². The fourth-order valence-electron chi connectivity index (χ4n) is 11.7. The number of rotatable bonds is 13. The smallest absolute Gasteiger partial charge is 0.222 e. The lowest BCUT2D eigenvalue weighted by Crippen LogP contribution is -2.69. The molecule has 0 radical (unpaired) electrons. The maximum Gasteiger partial charge on any atom is 0.222 e. The molecule has 3 saturated carbocycles. The molecule has 276 valence electrons. The molecule has 2 unspecified atom stereocenters. The summed E-state index contributed by atoms with van der Waals surface area (Å²) in [4.78, 5) is 20.0. The van der Waals surface area contributed by atoms with Gasteiger partial charge in [0.1, 0.15) is 6.10 Å². The van der Waals surface area contributed by atoms with Crippen molar-refractivity contribution in [2.24, 2.45) is 17.8 Å². The Bertz CT molecular complexity index is 1670. The lowest BCUT2D eigenvalue weighted by Gasteiger charge is -2.60. The number of unbranched alkanes of at least 4 members (excludes halogenated alkanes) is 1. The molecule has 1 N–H and O–H groups in total. The first-order valence-electron chi connectivity index (χ1n) is 20.7. The van der Waals surface area contributed by atoms with E-state index in [1.54, 1.807) is 7.11 Å². The third kappa shape index (κ3) is 6.16. The third-order valence-electron chi connectivity index (χ3n) is 14.4. The minimum absolute atomic E-state index is 0.0162. The summed E-state index contributed by atoms with van der Waals surface area (Å²) in [5.74, 6) is 3.85. The van der Waals surface area contributed by atoms with E-state index in [-0.39, 0.29) is 29.6 Å². The molecule has 4 aliphatic carbocycles. The van der Waals surface area contributed by atoms with Crippen LogP contribution in [0.3, 0.4) is 0 Å². The summed E-state index contributed by atoms with van der Waals surface area (Å²) in [7, 11) is 1.76. The molecule has 1 amide bonds. The van der Waals surface area contributed by atoms with Crippen LogP contribution in [0.1, 0.15) is 112 Å². The number of hydrogen-bond donors (Lipinski definition) is 1. The Morgan fingerprint density at radius 1 is 0.962 bits per heavy atom. The number of carbonyl (C=O) groups excluding carboxylic acids is 1. The van der Waals surface area contributed by atoms with E-state index < -0.39 is 0 Å². The van der Waals surface area contributed by atoms with Crippen LogP contribution >= 0.6 is 0 Å². The van der Waals surface area contributed by atoms with Crippen molar-refractivity contribution in [3.63, 3.8) is 0 Å². The van der Waals surface area contributed by atoms with Gasteiger partial charge in [0.15, 0.2) is 11.5 Å². The lowest BCUT2D eigenvalue weighted by molar-refractivity contribution is -0.143. The van der Waals surface area contributed by atoms with Crippen LogP contribution in [-0.2, 0) is 16.6 Å². The van der Waals surface area contributed by atoms with E-state index in [2.05, 4.69) is 82.6 Å². The monoisotopic (exact) mass is 702 g/mol. The minimum atomic E-state index is -0.141. The Morgan fingerprint density at radius 2 is 1.69 bits per heavy atom. The zero-order valence-electron chi connectivity index (χ0n) is 31.1. The highest BCUT2D eigenvalue weighted by molar-refractivity contribution is 5.77. The fraction of sp³-hybridized carbons (Fsp3) is 0.587. The zero-order chi connectivity index (χ0) is 35.2. The van der Waals surface area contributed by atoms with Gasteiger partial charge in [0.25, 0.3) is 0 Å². The molecule has 3 aromatic carbocycles. The standard InChI is InChI=1S/C46H58N2O4/c1-51-41-24-21-34-27-39-37-22-23-38(45-46(37,43(34)44(41)52-45)25-26-47(39)29-35-28-40(35)49)48(42(50)20-12-11-15-31-13-5-2-6-14-31)30-36(32-16-7-3-8-17-32)33-18-9-4-10-19-33/h3-4,7-10,16-19,21,24,31,35-40,45,49H,2,5-6,11-15,20,22-23,25-30H2,1H3/t35?,37-,38-,39+,40?,45-,46-/m0/s1. The number of piperidine rings is 1. The number of carbonyl (C=O) groups is 1. The van der Waals surface area contributed by atoms with Crippen molar-refractivity contribution < 1.29 is 19.4 Å². The first kappa shape index (κ1) is 34.4. The van der Waals surface area contributed by atoms with Crippen molar-refractivity contribution in [2.75, 3.05) is 26.7 Å². The maximum atomic E-state index is 14.9. The van der Waals surface area contributed by atoms with Gasteiger partial charge in [0.05, 0.1) is 19.3 Å². The second-order valence-corrected chi connectivity index (χ2v) is 17.2. The minimum Gasteiger partial charge on any atom is -0.493 e. The second-order valence-electron chi connectivity index (χ2n) is 17.2. The molecule has 3 aromatic rings. The predicted molar refractivity (Wildman–Crippen MR) is 205 cm³/mol. The molecule has 0 aromatic heterocycles. The van der Waals surface area contributed by atoms with Crippen LogP contribution in [0.25, 0.3) is 0 Å². The van der Waals surface area contributed by atoms with Gasteiger partial charge in [-0.2, -0.15) is 0 Å². The molecule has 4 fully saturated rings. The van der Waals surface area contributed by atoms with E-state index in [1.807, 2.05) is 0 Å². The van der Waals surface area contributed by atoms with Crippen LogP contribution in [0.4, 0.5) is 0 Å². The number of aliphatic hydroxyl groups is 1. The molecule has 1 spiro atoms. The summed E-state index contributed by atoms with van der Waals surface area (Å²) in [6.07, 6.45) is 15.6. The normalized spacial score (nSPS) is 30.4. The number of ether oxygens (including phenoxy) is 2. The second kappa shape index (κ2) is 14.5. The van der Waals surface area contributed by atoms with E-state index >= 15 is 0 Å². The van der Waals surface area contributed by atoms with Gasteiger partial charge in [0, 0.05) is 48.4 Å². The number of likely N-dealkylation sites (tertiary alicyclic amines) is 1. The van der Waals surface area contributed by atoms with Gasteiger partial charge in [-0.15, -0.1) is 0 Å². The van der Waals surface area contributed by atoms with Crippen molar-refractivity contribution in [3.05, 3.63) is 95.1 Å². The Hall–Kier alpha value is -3.35. The molecule has 2 aliphatic heterocycles. The summed E-state index contributed by atoms with van der Waals surface area (Å²) in [6, 6.07) is 26.5. The number of amides is 1. The molecular formula is C46H58N2O4. The summed E-state index contributed by atoms with van der Waals surface area (Å²) in [6.45, 7) is 2.65. The van der Waals surface area contributed by atoms with Crippen molar-refractivity contribution in [2.45, 2.75) is 126 Å². The largest absolute Gasteiger partial charge is 0.493 e.